The lowest BCUT2D eigenvalue weighted by Crippen LogP contribution is -2.10. The van der Waals surface area contributed by atoms with Gasteiger partial charge in [0, 0.05) is 22.7 Å². The molecule has 1 aromatic carbocycles. The molecule has 0 bridgehead atoms. The summed E-state index contributed by atoms with van der Waals surface area (Å²) in [6, 6.07) is 5.72. The van der Waals surface area contributed by atoms with Crippen molar-refractivity contribution in [3.05, 3.63) is 28.2 Å². The van der Waals surface area contributed by atoms with Crippen LogP contribution in [0.2, 0.25) is 0 Å². The molecule has 0 aromatic heterocycles. The molecule has 3 nitrogen and oxygen atoms in total. The molecule has 84 valence electrons. The van der Waals surface area contributed by atoms with Gasteiger partial charge in [0.1, 0.15) is 5.75 Å². The van der Waals surface area contributed by atoms with Gasteiger partial charge < -0.3 is 15.2 Å². The summed E-state index contributed by atoms with van der Waals surface area (Å²) in [6.07, 6.45) is 0. The molecule has 15 heavy (non-hydrogen) atoms. The van der Waals surface area contributed by atoms with Crippen LogP contribution in [0.15, 0.2) is 22.7 Å². The Morgan fingerprint density at radius 3 is 2.80 bits per heavy atom. The summed E-state index contributed by atoms with van der Waals surface area (Å²) in [6.45, 7) is 4.76. The molecule has 4 heteroatoms. The maximum Gasteiger partial charge on any atom is 0.189 e. The molecule has 0 aliphatic rings. The van der Waals surface area contributed by atoms with Crippen LogP contribution >= 0.6 is 15.9 Å². The highest BCUT2D eigenvalue weighted by Crippen LogP contribution is 2.27. The number of nitrogens with two attached hydrogens (primary N) is 1. The zero-order valence-corrected chi connectivity index (χ0v) is 10.6. The van der Waals surface area contributed by atoms with Gasteiger partial charge in [-0.25, -0.2) is 0 Å². The maximum absolute atomic E-state index is 5.85. The number of hydrogen-bond acceptors (Lipinski definition) is 3. The van der Waals surface area contributed by atoms with E-state index in [0.717, 1.165) is 15.8 Å². The van der Waals surface area contributed by atoms with E-state index in [2.05, 4.69) is 15.9 Å². The van der Waals surface area contributed by atoms with Crippen molar-refractivity contribution in [2.24, 2.45) is 5.73 Å². The number of hydrogen-bond donors (Lipinski definition) is 1. The van der Waals surface area contributed by atoms with Crippen LogP contribution < -0.4 is 10.5 Å². The molecule has 1 rings (SSSR count). The maximum atomic E-state index is 5.85. The molecule has 0 radical (unpaired) electrons. The molecule has 0 heterocycles. The summed E-state index contributed by atoms with van der Waals surface area (Å²) in [5.74, 6) is 0.779. The minimum Gasteiger partial charge on any atom is -0.467 e. The molecule has 1 aromatic rings. The Balaban J connectivity index is 2.77. The highest BCUT2D eigenvalue weighted by atomic mass is 79.9. The Labute approximate surface area is 98.7 Å². The Bertz CT molecular complexity index is 315. The predicted molar refractivity (Wildman–Crippen MR) is 63.9 cm³/mol. The lowest BCUT2D eigenvalue weighted by Gasteiger charge is -2.14. The normalized spacial score (nSPS) is 12.5. The highest BCUT2D eigenvalue weighted by molar-refractivity contribution is 9.10. The van der Waals surface area contributed by atoms with E-state index in [9.17, 15) is 0 Å². The van der Waals surface area contributed by atoms with Crippen molar-refractivity contribution in [1.29, 1.82) is 0 Å². The molecule has 0 fully saturated rings. The van der Waals surface area contributed by atoms with Gasteiger partial charge in [-0.2, -0.15) is 0 Å². The molecule has 0 saturated heterocycles. The van der Waals surface area contributed by atoms with Crippen molar-refractivity contribution in [2.45, 2.75) is 19.9 Å². The van der Waals surface area contributed by atoms with Crippen molar-refractivity contribution >= 4 is 15.9 Å². The van der Waals surface area contributed by atoms with E-state index in [0.29, 0.717) is 6.61 Å². The summed E-state index contributed by atoms with van der Waals surface area (Å²) in [5, 5.41) is 0. The van der Waals surface area contributed by atoms with Crippen LogP contribution in [0.25, 0.3) is 0 Å². The van der Waals surface area contributed by atoms with Crippen LogP contribution in [-0.4, -0.2) is 13.4 Å². The average Bonchev–Trinajstić information content (AvgIpc) is 2.20. The fourth-order valence-corrected chi connectivity index (χ4v) is 1.57. The number of ether oxygens (including phenoxy) is 2. The Morgan fingerprint density at radius 1 is 1.47 bits per heavy atom. The van der Waals surface area contributed by atoms with Crippen molar-refractivity contribution in [2.75, 3.05) is 13.4 Å². The van der Waals surface area contributed by atoms with Crippen molar-refractivity contribution in [3.8, 4) is 5.75 Å². The predicted octanol–water partition coefficient (Wildman–Crippen LogP) is 2.84. The molecule has 0 amide bonds. The van der Waals surface area contributed by atoms with Gasteiger partial charge >= 0.3 is 0 Å². The van der Waals surface area contributed by atoms with Gasteiger partial charge in [-0.05, 0) is 32.0 Å². The monoisotopic (exact) mass is 273 g/mol. The van der Waals surface area contributed by atoms with Crippen molar-refractivity contribution < 1.29 is 9.47 Å². The summed E-state index contributed by atoms with van der Waals surface area (Å²) in [5.41, 5.74) is 6.82. The first-order chi connectivity index (χ1) is 7.15. The topological polar surface area (TPSA) is 44.5 Å². The van der Waals surface area contributed by atoms with Gasteiger partial charge in [-0.1, -0.05) is 15.9 Å². The molecule has 1 unspecified atom stereocenters. The zero-order chi connectivity index (χ0) is 11.3. The smallest absolute Gasteiger partial charge is 0.189 e. The molecule has 2 N–H and O–H groups in total. The fraction of sp³-hybridized carbons (Fsp3) is 0.455. The van der Waals surface area contributed by atoms with E-state index in [-0.39, 0.29) is 12.8 Å². The molecular weight excluding hydrogens is 258 g/mol. The molecule has 1 atom stereocenters. The minimum atomic E-state index is -0.0564. The van der Waals surface area contributed by atoms with Crippen molar-refractivity contribution in [1.82, 2.24) is 0 Å². The molecule has 0 aliphatic heterocycles. The van der Waals surface area contributed by atoms with E-state index in [1.165, 1.54) is 0 Å². The summed E-state index contributed by atoms with van der Waals surface area (Å²) in [4.78, 5) is 0. The largest absolute Gasteiger partial charge is 0.467 e. The third kappa shape index (κ3) is 3.81. The van der Waals surface area contributed by atoms with Gasteiger partial charge in [0.15, 0.2) is 6.79 Å². The van der Waals surface area contributed by atoms with Crippen LogP contribution in [0.5, 0.6) is 5.75 Å². The fourth-order valence-electron chi connectivity index (χ4n) is 1.20. The van der Waals surface area contributed by atoms with Gasteiger partial charge in [0.2, 0.25) is 0 Å². The number of rotatable bonds is 5. The first-order valence-electron chi connectivity index (χ1n) is 4.90. The lowest BCUT2D eigenvalue weighted by atomic mass is 10.1. The second-order valence-electron chi connectivity index (χ2n) is 3.23. The number of benzene rings is 1. The first-order valence-corrected chi connectivity index (χ1v) is 5.70. The summed E-state index contributed by atoms with van der Waals surface area (Å²) >= 11 is 3.40. The Morgan fingerprint density at radius 2 is 2.20 bits per heavy atom. The third-order valence-corrected chi connectivity index (χ3v) is 2.46. The Kier molecular flexibility index (Phi) is 5.08. The zero-order valence-electron chi connectivity index (χ0n) is 9.00. The van der Waals surface area contributed by atoms with Gasteiger partial charge in [0.25, 0.3) is 0 Å². The minimum absolute atomic E-state index is 0.0564. The average molecular weight is 274 g/mol. The van der Waals surface area contributed by atoms with Gasteiger partial charge in [-0.15, -0.1) is 0 Å². The second-order valence-corrected chi connectivity index (χ2v) is 4.14. The van der Waals surface area contributed by atoms with Crippen molar-refractivity contribution in [3.63, 3.8) is 0 Å². The van der Waals surface area contributed by atoms with Crippen LogP contribution in [0, 0.1) is 0 Å². The quantitative estimate of drug-likeness (QED) is 0.663. The second kappa shape index (κ2) is 6.10. The first kappa shape index (κ1) is 12.5. The molecule has 0 spiro atoms. The van der Waals surface area contributed by atoms with E-state index < -0.39 is 0 Å². The highest BCUT2D eigenvalue weighted by Gasteiger charge is 2.08. The Hall–Kier alpha value is -0.580. The summed E-state index contributed by atoms with van der Waals surface area (Å²) in [7, 11) is 0. The summed E-state index contributed by atoms with van der Waals surface area (Å²) < 4.78 is 11.6. The SMILES string of the molecule is CCOCOc1ccc(Br)cc1C(C)N. The van der Waals surface area contributed by atoms with Crippen LogP contribution in [0.1, 0.15) is 25.5 Å². The van der Waals surface area contributed by atoms with Crippen LogP contribution in [-0.2, 0) is 4.74 Å². The van der Waals surface area contributed by atoms with Crippen LogP contribution in [0.3, 0.4) is 0 Å². The van der Waals surface area contributed by atoms with E-state index in [1.54, 1.807) is 0 Å². The van der Waals surface area contributed by atoms with Gasteiger partial charge in [-0.3, -0.25) is 0 Å². The van der Waals surface area contributed by atoms with Gasteiger partial charge in [0.05, 0.1) is 0 Å². The molecule has 0 saturated carbocycles. The van der Waals surface area contributed by atoms with Crippen LogP contribution in [0.4, 0.5) is 0 Å². The standard InChI is InChI=1S/C11H16BrNO2/c1-3-14-7-15-11-5-4-9(12)6-10(11)8(2)13/h4-6,8H,3,7,13H2,1-2H3. The number of halogens is 1. The third-order valence-electron chi connectivity index (χ3n) is 1.96. The van der Waals surface area contributed by atoms with E-state index in [4.69, 9.17) is 15.2 Å². The lowest BCUT2D eigenvalue weighted by molar-refractivity contribution is 0.0217. The van der Waals surface area contributed by atoms with E-state index in [1.807, 2.05) is 32.0 Å². The van der Waals surface area contributed by atoms with E-state index >= 15 is 0 Å². The molecular formula is C11H16BrNO2. The molecule has 0 aliphatic carbocycles.